The first kappa shape index (κ1) is 16.4. The number of fused-ring (bicyclic) bond motifs is 1. The molecule has 1 heterocycles. The van der Waals surface area contributed by atoms with Gasteiger partial charge >= 0.3 is 5.97 Å². The molecule has 0 saturated carbocycles. The number of rotatable bonds is 5. The lowest BCUT2D eigenvalue weighted by Crippen LogP contribution is -2.26. The molecule has 6 nitrogen and oxygen atoms in total. The molecular weight excluding hydrogens is 320 g/mol. The summed E-state index contributed by atoms with van der Waals surface area (Å²) in [5.74, 6) is -1.28. The van der Waals surface area contributed by atoms with Crippen LogP contribution in [0.3, 0.4) is 0 Å². The second kappa shape index (κ2) is 6.24. The van der Waals surface area contributed by atoms with Crippen molar-refractivity contribution in [3.8, 4) is 11.1 Å². The second-order valence-corrected chi connectivity index (χ2v) is 5.88. The van der Waals surface area contributed by atoms with Crippen LogP contribution in [-0.4, -0.2) is 34.7 Å². The number of nitrogens with zero attached hydrogens (tertiary/aromatic N) is 1. The van der Waals surface area contributed by atoms with Crippen LogP contribution >= 0.6 is 0 Å². The van der Waals surface area contributed by atoms with Gasteiger partial charge in [-0.15, -0.1) is 0 Å². The van der Waals surface area contributed by atoms with Gasteiger partial charge < -0.3 is 15.7 Å². The summed E-state index contributed by atoms with van der Waals surface area (Å²) >= 11 is 0. The van der Waals surface area contributed by atoms with Gasteiger partial charge in [-0.3, -0.25) is 9.59 Å². The summed E-state index contributed by atoms with van der Waals surface area (Å²) in [6, 6.07) is 9.93. The van der Waals surface area contributed by atoms with Gasteiger partial charge in [0.15, 0.2) is 0 Å². The Morgan fingerprint density at radius 3 is 2.76 bits per heavy atom. The molecule has 0 atom stereocenters. The van der Waals surface area contributed by atoms with E-state index in [1.807, 2.05) is 0 Å². The summed E-state index contributed by atoms with van der Waals surface area (Å²) in [4.78, 5) is 36.1. The summed E-state index contributed by atoms with van der Waals surface area (Å²) in [5, 5.41) is 9.18. The Kier molecular flexibility index (Phi) is 4.10. The number of nitrogens with two attached hydrogens (primary N) is 1. The second-order valence-electron chi connectivity index (χ2n) is 5.88. The van der Waals surface area contributed by atoms with Gasteiger partial charge in [-0.05, 0) is 34.9 Å². The monoisotopic (exact) mass is 336 g/mol. The summed E-state index contributed by atoms with van der Waals surface area (Å²) in [6.07, 6.45) is 0.622. The number of anilines is 1. The van der Waals surface area contributed by atoms with E-state index in [-0.39, 0.29) is 18.0 Å². The molecule has 126 valence electrons. The van der Waals surface area contributed by atoms with Gasteiger partial charge in [0.25, 0.3) is 5.91 Å². The number of benzene rings is 2. The van der Waals surface area contributed by atoms with E-state index in [0.717, 1.165) is 11.1 Å². The molecule has 3 N–H and O–H groups in total. The van der Waals surface area contributed by atoms with Crippen molar-refractivity contribution in [3.05, 3.63) is 65.2 Å². The number of hydrogen-bond acceptors (Lipinski definition) is 4. The molecule has 6 heteroatoms. The lowest BCUT2D eigenvalue weighted by molar-refractivity contribution is -0.105. The number of nitrogen functional groups attached to an aromatic ring is 1. The summed E-state index contributed by atoms with van der Waals surface area (Å²) in [6.45, 7) is 4.03. The first-order valence-electron chi connectivity index (χ1n) is 7.59. The van der Waals surface area contributed by atoms with Crippen LogP contribution in [0.2, 0.25) is 0 Å². The molecule has 3 rings (SSSR count). The van der Waals surface area contributed by atoms with E-state index in [0.29, 0.717) is 35.2 Å². The fourth-order valence-corrected chi connectivity index (χ4v) is 3.00. The lowest BCUT2D eigenvalue weighted by Gasteiger charge is -2.14. The Labute approximate surface area is 144 Å². The van der Waals surface area contributed by atoms with Crippen molar-refractivity contribution < 1.29 is 19.5 Å². The highest BCUT2D eigenvalue weighted by Gasteiger charge is 2.32. The number of aromatic carboxylic acids is 1. The van der Waals surface area contributed by atoms with Crippen molar-refractivity contribution in [1.29, 1.82) is 0 Å². The number of aldehydes is 1. The summed E-state index contributed by atoms with van der Waals surface area (Å²) in [5.41, 5.74) is 9.38. The van der Waals surface area contributed by atoms with E-state index in [1.165, 1.54) is 11.0 Å². The molecule has 0 unspecified atom stereocenters. The Balaban J connectivity index is 2.08. The van der Waals surface area contributed by atoms with E-state index in [9.17, 15) is 19.5 Å². The van der Waals surface area contributed by atoms with Gasteiger partial charge in [0.2, 0.25) is 0 Å². The van der Waals surface area contributed by atoms with Crippen molar-refractivity contribution in [2.45, 2.75) is 6.54 Å². The van der Waals surface area contributed by atoms with Crippen molar-refractivity contribution in [1.82, 2.24) is 4.90 Å². The molecule has 0 bridgehead atoms. The zero-order valence-electron chi connectivity index (χ0n) is 13.4. The molecule has 0 saturated heterocycles. The van der Waals surface area contributed by atoms with Crippen LogP contribution in [0.5, 0.6) is 0 Å². The Morgan fingerprint density at radius 1 is 1.32 bits per heavy atom. The van der Waals surface area contributed by atoms with Crippen LogP contribution in [0.15, 0.2) is 48.6 Å². The number of amides is 1. The molecule has 25 heavy (non-hydrogen) atoms. The first-order chi connectivity index (χ1) is 11.9. The predicted molar refractivity (Wildman–Crippen MR) is 93.2 cm³/mol. The van der Waals surface area contributed by atoms with E-state index in [4.69, 9.17) is 5.73 Å². The highest BCUT2D eigenvalue weighted by molar-refractivity contribution is 6.05. The van der Waals surface area contributed by atoms with Crippen molar-refractivity contribution in [2.24, 2.45) is 0 Å². The third-order valence-electron chi connectivity index (χ3n) is 4.18. The average Bonchev–Trinajstić information content (AvgIpc) is 2.92. The molecule has 1 amide bonds. The third kappa shape index (κ3) is 2.89. The van der Waals surface area contributed by atoms with Crippen LogP contribution in [0, 0.1) is 0 Å². The molecule has 0 spiro atoms. The van der Waals surface area contributed by atoms with Gasteiger partial charge in [0.05, 0.1) is 11.1 Å². The van der Waals surface area contributed by atoms with Gasteiger partial charge in [0, 0.05) is 24.4 Å². The number of carboxylic acid groups (broad SMARTS) is 1. The van der Waals surface area contributed by atoms with Crippen molar-refractivity contribution in [2.75, 3.05) is 12.3 Å². The number of carboxylic acids is 1. The largest absolute Gasteiger partial charge is 0.478 e. The van der Waals surface area contributed by atoms with E-state index in [2.05, 4.69) is 6.58 Å². The average molecular weight is 336 g/mol. The highest BCUT2D eigenvalue weighted by atomic mass is 16.4. The molecular formula is C19H16N2O4. The molecule has 0 radical (unpaired) electrons. The fourth-order valence-electron chi connectivity index (χ4n) is 3.00. The highest BCUT2D eigenvalue weighted by Crippen LogP contribution is 2.36. The zero-order valence-corrected chi connectivity index (χ0v) is 13.4. The maximum atomic E-state index is 12.6. The van der Waals surface area contributed by atoms with Gasteiger partial charge in [-0.2, -0.15) is 0 Å². The molecule has 1 aliphatic rings. The minimum Gasteiger partial charge on any atom is -0.478 e. The smallest absolute Gasteiger partial charge is 0.335 e. The molecule has 1 aliphatic heterocycles. The van der Waals surface area contributed by atoms with Crippen LogP contribution in [-0.2, 0) is 11.3 Å². The molecule has 0 aliphatic carbocycles. The Morgan fingerprint density at radius 2 is 2.08 bits per heavy atom. The van der Waals surface area contributed by atoms with Crippen LogP contribution in [0.1, 0.15) is 26.3 Å². The Hall–Kier alpha value is -3.41. The molecule has 0 aromatic heterocycles. The SMILES string of the molecule is C=C(C=O)CN1Cc2c(-c3cccc(C(=O)O)c3)ccc(N)c2C1=O. The minimum absolute atomic E-state index is 0.130. The predicted octanol–water partition coefficient (Wildman–Crippen LogP) is 2.34. The van der Waals surface area contributed by atoms with Gasteiger partial charge in [0.1, 0.15) is 6.29 Å². The topological polar surface area (TPSA) is 101 Å². The van der Waals surface area contributed by atoms with Crippen LogP contribution < -0.4 is 5.73 Å². The fraction of sp³-hybridized carbons (Fsp3) is 0.105. The summed E-state index contributed by atoms with van der Waals surface area (Å²) in [7, 11) is 0. The normalized spacial score (nSPS) is 12.8. The van der Waals surface area contributed by atoms with Crippen molar-refractivity contribution >= 4 is 23.9 Å². The minimum atomic E-state index is -1.02. The Bertz CT molecular complexity index is 918. The standard InChI is InChI=1S/C19H16N2O4/c1-11(10-22)8-21-9-15-14(5-6-16(20)17(15)18(21)23)12-3-2-4-13(7-12)19(24)25/h2-7,10H,1,8-9,20H2,(H,24,25). The first-order valence-corrected chi connectivity index (χ1v) is 7.59. The quantitative estimate of drug-likeness (QED) is 0.496. The molecule has 2 aromatic rings. The number of hydrogen-bond donors (Lipinski definition) is 2. The van der Waals surface area contributed by atoms with Gasteiger partial charge in [-0.25, -0.2) is 4.79 Å². The van der Waals surface area contributed by atoms with E-state index in [1.54, 1.807) is 30.3 Å². The maximum Gasteiger partial charge on any atom is 0.335 e. The van der Waals surface area contributed by atoms with E-state index < -0.39 is 5.97 Å². The van der Waals surface area contributed by atoms with Crippen LogP contribution in [0.4, 0.5) is 5.69 Å². The van der Waals surface area contributed by atoms with Crippen molar-refractivity contribution in [3.63, 3.8) is 0 Å². The lowest BCUT2D eigenvalue weighted by atomic mass is 9.95. The third-order valence-corrected chi connectivity index (χ3v) is 4.18. The molecule has 2 aromatic carbocycles. The van der Waals surface area contributed by atoms with Crippen LogP contribution in [0.25, 0.3) is 11.1 Å². The molecule has 0 fully saturated rings. The zero-order chi connectivity index (χ0) is 18.1. The van der Waals surface area contributed by atoms with E-state index >= 15 is 0 Å². The number of carbonyl (C=O) groups is 3. The number of carbonyl (C=O) groups excluding carboxylic acids is 2. The van der Waals surface area contributed by atoms with Gasteiger partial charge in [-0.1, -0.05) is 24.8 Å². The summed E-state index contributed by atoms with van der Waals surface area (Å²) < 4.78 is 0. The maximum absolute atomic E-state index is 12.6.